The van der Waals surface area contributed by atoms with E-state index >= 15 is 0 Å². The number of H-pyrrole nitrogens is 1. The fourth-order valence-electron chi connectivity index (χ4n) is 2.83. The number of aromatic nitrogens is 4. The molecule has 2 aromatic heterocycles. The Bertz CT molecular complexity index is 542. The summed E-state index contributed by atoms with van der Waals surface area (Å²) in [5.41, 5.74) is 2.43. The van der Waals surface area contributed by atoms with Crippen molar-refractivity contribution in [2.75, 3.05) is 13.1 Å². The molecule has 19 heavy (non-hydrogen) atoms. The minimum Gasteiger partial charge on any atom is -0.346 e. The van der Waals surface area contributed by atoms with Gasteiger partial charge < -0.3 is 9.55 Å². The van der Waals surface area contributed by atoms with Crippen LogP contribution in [-0.2, 0) is 13.6 Å². The Kier molecular flexibility index (Phi) is 3.38. The molecule has 0 saturated carbocycles. The molecule has 0 radical (unpaired) electrons. The molecule has 5 heteroatoms. The zero-order valence-corrected chi connectivity index (χ0v) is 11.6. The molecule has 0 amide bonds. The summed E-state index contributed by atoms with van der Waals surface area (Å²) >= 11 is 0. The van der Waals surface area contributed by atoms with Crippen molar-refractivity contribution in [3.8, 4) is 0 Å². The third-order valence-corrected chi connectivity index (χ3v) is 3.92. The Morgan fingerprint density at radius 1 is 1.42 bits per heavy atom. The summed E-state index contributed by atoms with van der Waals surface area (Å²) in [7, 11) is 2.06. The number of rotatable bonds is 3. The molecular formula is C14H21N5. The third kappa shape index (κ3) is 2.71. The zero-order valence-electron chi connectivity index (χ0n) is 11.6. The number of nitrogens with zero attached hydrogens (tertiary/aromatic N) is 4. The summed E-state index contributed by atoms with van der Waals surface area (Å²) in [5, 5.41) is 0. The fourth-order valence-corrected chi connectivity index (χ4v) is 2.83. The number of aromatic amines is 1. The number of hydrogen-bond acceptors (Lipinski definition) is 3. The van der Waals surface area contributed by atoms with E-state index in [9.17, 15) is 0 Å². The molecule has 5 nitrogen and oxygen atoms in total. The summed E-state index contributed by atoms with van der Waals surface area (Å²) in [4.78, 5) is 14.6. The quantitative estimate of drug-likeness (QED) is 0.915. The van der Waals surface area contributed by atoms with Gasteiger partial charge in [0.25, 0.3) is 0 Å². The van der Waals surface area contributed by atoms with Gasteiger partial charge in [0.05, 0.1) is 12.0 Å². The Labute approximate surface area is 113 Å². The topological polar surface area (TPSA) is 49.7 Å². The molecule has 1 aliphatic heterocycles. The molecule has 0 spiro atoms. The molecule has 1 aliphatic rings. The SMILES string of the molecule is Cc1cnc(C2CCCN(Cc3cncn3C)C2)[nH]1. The van der Waals surface area contributed by atoms with Gasteiger partial charge in [-0.15, -0.1) is 0 Å². The largest absolute Gasteiger partial charge is 0.346 e. The van der Waals surface area contributed by atoms with Crippen molar-refractivity contribution < 1.29 is 0 Å². The van der Waals surface area contributed by atoms with E-state index in [1.54, 1.807) is 0 Å². The first kappa shape index (κ1) is 12.4. The van der Waals surface area contributed by atoms with Crippen molar-refractivity contribution in [2.45, 2.75) is 32.2 Å². The van der Waals surface area contributed by atoms with Crippen molar-refractivity contribution in [3.05, 3.63) is 35.9 Å². The van der Waals surface area contributed by atoms with Gasteiger partial charge in [0, 0.05) is 44.1 Å². The first-order chi connectivity index (χ1) is 9.22. The summed E-state index contributed by atoms with van der Waals surface area (Å²) in [5.74, 6) is 1.68. The van der Waals surface area contributed by atoms with E-state index in [0.717, 1.165) is 24.6 Å². The van der Waals surface area contributed by atoms with E-state index in [2.05, 4.69) is 38.4 Å². The highest BCUT2D eigenvalue weighted by molar-refractivity contribution is 5.06. The van der Waals surface area contributed by atoms with Crippen LogP contribution in [0.15, 0.2) is 18.7 Å². The fraction of sp³-hybridized carbons (Fsp3) is 0.571. The van der Waals surface area contributed by atoms with Gasteiger partial charge in [0.1, 0.15) is 5.82 Å². The first-order valence-corrected chi connectivity index (χ1v) is 6.91. The lowest BCUT2D eigenvalue weighted by molar-refractivity contribution is 0.193. The number of piperidine rings is 1. The number of nitrogens with one attached hydrogen (secondary N) is 1. The van der Waals surface area contributed by atoms with Crippen LogP contribution in [0.5, 0.6) is 0 Å². The molecule has 0 bridgehead atoms. The maximum absolute atomic E-state index is 4.49. The summed E-state index contributed by atoms with van der Waals surface area (Å²) in [6.07, 6.45) is 8.22. The normalized spacial score (nSPS) is 20.8. The predicted molar refractivity (Wildman–Crippen MR) is 73.8 cm³/mol. The van der Waals surface area contributed by atoms with E-state index in [1.165, 1.54) is 25.1 Å². The van der Waals surface area contributed by atoms with Crippen LogP contribution >= 0.6 is 0 Å². The standard InChI is InChI=1S/C14H21N5/c1-11-6-16-14(17-11)12-4-3-5-19(8-12)9-13-7-15-10-18(13)2/h6-7,10,12H,3-5,8-9H2,1-2H3,(H,16,17). The second-order valence-corrected chi connectivity index (χ2v) is 5.52. The van der Waals surface area contributed by atoms with Gasteiger partial charge in [-0.3, -0.25) is 4.90 Å². The van der Waals surface area contributed by atoms with Gasteiger partial charge in [-0.05, 0) is 26.3 Å². The van der Waals surface area contributed by atoms with Crippen molar-refractivity contribution in [1.29, 1.82) is 0 Å². The second-order valence-electron chi connectivity index (χ2n) is 5.52. The predicted octanol–water partition coefficient (Wildman–Crippen LogP) is 1.83. The van der Waals surface area contributed by atoms with Crippen LogP contribution in [0.25, 0.3) is 0 Å². The van der Waals surface area contributed by atoms with Gasteiger partial charge in [-0.25, -0.2) is 9.97 Å². The van der Waals surface area contributed by atoms with Crippen LogP contribution in [0.3, 0.4) is 0 Å². The molecule has 3 rings (SSSR count). The summed E-state index contributed by atoms with van der Waals surface area (Å²) in [6.45, 7) is 5.29. The van der Waals surface area contributed by atoms with Crippen LogP contribution in [0.1, 0.15) is 36.0 Å². The molecule has 1 unspecified atom stereocenters. The minimum atomic E-state index is 0.538. The van der Waals surface area contributed by atoms with Crippen LogP contribution in [-0.4, -0.2) is 37.5 Å². The third-order valence-electron chi connectivity index (χ3n) is 3.92. The molecule has 1 atom stereocenters. The van der Waals surface area contributed by atoms with Crippen molar-refractivity contribution in [1.82, 2.24) is 24.4 Å². The van der Waals surface area contributed by atoms with Crippen LogP contribution < -0.4 is 0 Å². The Morgan fingerprint density at radius 2 is 2.32 bits per heavy atom. The average Bonchev–Trinajstić information content (AvgIpc) is 3.00. The van der Waals surface area contributed by atoms with E-state index in [0.29, 0.717) is 5.92 Å². The molecule has 0 aromatic carbocycles. The Hall–Kier alpha value is -1.62. The number of likely N-dealkylation sites (tertiary alicyclic amines) is 1. The summed E-state index contributed by atoms with van der Waals surface area (Å²) in [6, 6.07) is 0. The number of imidazole rings is 2. The van der Waals surface area contributed by atoms with E-state index in [4.69, 9.17) is 0 Å². The maximum Gasteiger partial charge on any atom is 0.110 e. The van der Waals surface area contributed by atoms with Crippen LogP contribution in [0.4, 0.5) is 0 Å². The van der Waals surface area contributed by atoms with Gasteiger partial charge in [-0.2, -0.15) is 0 Å². The lowest BCUT2D eigenvalue weighted by atomic mass is 9.97. The van der Waals surface area contributed by atoms with E-state index in [1.807, 2.05) is 18.7 Å². The lowest BCUT2D eigenvalue weighted by Gasteiger charge is -2.31. The Balaban J connectivity index is 1.66. The molecule has 0 aliphatic carbocycles. The average molecular weight is 259 g/mol. The molecule has 3 heterocycles. The van der Waals surface area contributed by atoms with Gasteiger partial charge in [-0.1, -0.05) is 0 Å². The van der Waals surface area contributed by atoms with Crippen LogP contribution in [0, 0.1) is 6.92 Å². The molecule has 1 saturated heterocycles. The lowest BCUT2D eigenvalue weighted by Crippen LogP contribution is -2.34. The van der Waals surface area contributed by atoms with E-state index < -0.39 is 0 Å². The molecule has 2 aromatic rings. The smallest absolute Gasteiger partial charge is 0.110 e. The zero-order chi connectivity index (χ0) is 13.2. The van der Waals surface area contributed by atoms with Crippen molar-refractivity contribution in [3.63, 3.8) is 0 Å². The highest BCUT2D eigenvalue weighted by Gasteiger charge is 2.23. The van der Waals surface area contributed by atoms with Gasteiger partial charge in [0.2, 0.25) is 0 Å². The summed E-state index contributed by atoms with van der Waals surface area (Å²) < 4.78 is 2.10. The van der Waals surface area contributed by atoms with Crippen molar-refractivity contribution >= 4 is 0 Å². The number of aryl methyl sites for hydroxylation is 2. The van der Waals surface area contributed by atoms with Crippen molar-refractivity contribution in [2.24, 2.45) is 7.05 Å². The molecular weight excluding hydrogens is 238 g/mol. The molecule has 1 fully saturated rings. The van der Waals surface area contributed by atoms with Gasteiger partial charge >= 0.3 is 0 Å². The van der Waals surface area contributed by atoms with E-state index in [-0.39, 0.29) is 0 Å². The Morgan fingerprint density at radius 3 is 3.00 bits per heavy atom. The second kappa shape index (κ2) is 5.17. The first-order valence-electron chi connectivity index (χ1n) is 6.91. The molecule has 102 valence electrons. The highest BCUT2D eigenvalue weighted by atomic mass is 15.2. The molecule has 1 N–H and O–H groups in total. The van der Waals surface area contributed by atoms with Crippen LogP contribution in [0.2, 0.25) is 0 Å². The van der Waals surface area contributed by atoms with Gasteiger partial charge in [0.15, 0.2) is 0 Å². The maximum atomic E-state index is 4.49. The highest BCUT2D eigenvalue weighted by Crippen LogP contribution is 2.25. The number of hydrogen-bond donors (Lipinski definition) is 1. The minimum absolute atomic E-state index is 0.538. The monoisotopic (exact) mass is 259 g/mol.